The van der Waals surface area contributed by atoms with Gasteiger partial charge in [-0.25, -0.2) is 0 Å². The van der Waals surface area contributed by atoms with Gasteiger partial charge in [-0.05, 0) is 142 Å². The summed E-state index contributed by atoms with van der Waals surface area (Å²) in [6.45, 7) is 22.9. The summed E-state index contributed by atoms with van der Waals surface area (Å²) in [5, 5.41) is 11.9. The number of hydrogen-bond acceptors (Lipinski definition) is 9. The number of H-pyrrole nitrogens is 2. The molecule has 4 aromatic carbocycles. The Kier molecular flexibility index (Phi) is 19.4. The molecule has 79 heavy (non-hydrogen) atoms. The summed E-state index contributed by atoms with van der Waals surface area (Å²) < 4.78 is 5.19. The fraction of sp³-hybridized carbons (Fsp3) is 0.281. The monoisotopic (exact) mass is 1100 g/mol. The number of likely N-dealkylation sites (N-methyl/N-ethyl adjacent to an activating group) is 2. The lowest BCUT2D eigenvalue weighted by atomic mass is 10.0. The molecule has 6 N–H and O–H groups in total. The molecule has 0 atom stereocenters. The molecule has 0 fully saturated rings. The molecule has 0 saturated heterocycles. The smallest absolute Gasteiger partial charge is 0.256 e. The molecule has 13 nitrogen and oxygen atoms in total. The second kappa shape index (κ2) is 26.7. The van der Waals surface area contributed by atoms with E-state index in [2.05, 4.69) is 148 Å². The van der Waals surface area contributed by atoms with Gasteiger partial charge in [0.1, 0.15) is 0 Å². The van der Waals surface area contributed by atoms with Gasteiger partial charge in [0.25, 0.3) is 17.7 Å². The highest BCUT2D eigenvalue weighted by Gasteiger charge is 2.27. The minimum absolute atomic E-state index is 0.0401. The van der Waals surface area contributed by atoms with Gasteiger partial charge < -0.3 is 45.8 Å². The van der Waals surface area contributed by atoms with Crippen LogP contribution in [0.25, 0.3) is 53.4 Å². The Labute approximate surface area is 472 Å². The fourth-order valence-corrected chi connectivity index (χ4v) is 12.0. The Balaban J connectivity index is 0.000000173. The molecular weight excluding hydrogens is 1020 g/mol. The molecule has 4 aromatic heterocycles. The van der Waals surface area contributed by atoms with Crippen LogP contribution in [-0.2, 0) is 16.0 Å². The minimum atomic E-state index is -0.143. The van der Waals surface area contributed by atoms with Crippen molar-refractivity contribution in [3.63, 3.8) is 0 Å². The van der Waals surface area contributed by atoms with E-state index in [-0.39, 0.29) is 23.6 Å². The molecule has 410 valence electrons. The number of aryl methyl sites for hydroxylation is 2. The quantitative estimate of drug-likeness (QED) is 0.0466. The van der Waals surface area contributed by atoms with E-state index in [9.17, 15) is 19.2 Å². The second-order valence-electron chi connectivity index (χ2n) is 19.4. The number of amides is 4. The predicted molar refractivity (Wildman–Crippen MR) is 327 cm³/mol. The molecule has 10 rings (SSSR count). The Morgan fingerprint density at radius 2 is 1.06 bits per heavy atom. The SMILES string of the molecule is CCN(CC)CCNC(=O)c1c(C)[nH]c(/C=C2\C(=O)Nc3ccc(-c4ccc(-c5ccccc5)s4)cc32)c1C.CCN(CC)CCNC(=O)c1c(C)[nH]c(OC)c1C.O=C1Cc2cc(-c3ccc(-c4ccccc4)s3)ccc2N1. The number of carbonyl (C=O) groups is 4. The zero-order valence-electron chi connectivity index (χ0n) is 46.7. The van der Waals surface area contributed by atoms with Crippen molar-refractivity contribution in [1.29, 1.82) is 0 Å². The standard InChI is InChI=1S/C32H34N4O2S.C18H13NOS.C14H25N3O2/c1-5-36(6-2)17-16-33-32(38)30-20(3)27(34-21(30)4)19-25-24-18-23(12-13-26(24)35-31(25)37)29-15-14-28(39-29)22-10-8-7-9-11-22;20-18-11-14-10-13(6-7-15(14)19-18)17-9-8-16(21-17)12-4-2-1-3-5-12;1-6-17(7-2)9-8-15-13(18)12-10(3)14(19-5)16-11(12)4/h7-15,18-19,34H,5-6,16-17H2,1-4H3,(H,33,38)(H,35,37);1-10H,11H2,(H,19,20);16H,6-9H2,1-5H3,(H,15,18)/b25-19-;;. The third-order valence-corrected chi connectivity index (χ3v) is 16.8. The molecule has 15 heteroatoms. The highest BCUT2D eigenvalue weighted by atomic mass is 32.1. The van der Waals surface area contributed by atoms with Crippen molar-refractivity contribution in [2.75, 3.05) is 70.1 Å². The van der Waals surface area contributed by atoms with Crippen LogP contribution in [0.2, 0.25) is 0 Å². The highest BCUT2D eigenvalue weighted by molar-refractivity contribution is 7.19. The number of methoxy groups -OCH3 is 1. The fourth-order valence-electron chi connectivity index (χ4n) is 9.95. The van der Waals surface area contributed by atoms with Crippen LogP contribution < -0.4 is 26.0 Å². The van der Waals surface area contributed by atoms with Gasteiger partial charge in [0.15, 0.2) is 5.88 Å². The number of hydrogen-bond donors (Lipinski definition) is 6. The Morgan fingerprint density at radius 3 is 1.57 bits per heavy atom. The molecule has 2 aliphatic heterocycles. The van der Waals surface area contributed by atoms with Crippen molar-refractivity contribution in [3.8, 4) is 47.6 Å². The summed E-state index contributed by atoms with van der Waals surface area (Å²) in [5.41, 5.74) is 14.4. The zero-order valence-corrected chi connectivity index (χ0v) is 48.4. The number of nitrogens with one attached hydrogen (secondary N) is 6. The molecule has 8 aromatic rings. The third-order valence-electron chi connectivity index (χ3n) is 14.5. The van der Waals surface area contributed by atoms with E-state index in [1.807, 2.05) is 76.2 Å². The van der Waals surface area contributed by atoms with Crippen molar-refractivity contribution in [2.45, 2.75) is 61.8 Å². The van der Waals surface area contributed by atoms with Crippen LogP contribution in [0.15, 0.2) is 121 Å². The van der Waals surface area contributed by atoms with Crippen LogP contribution in [0, 0.1) is 27.7 Å². The van der Waals surface area contributed by atoms with Gasteiger partial charge >= 0.3 is 0 Å². The van der Waals surface area contributed by atoms with E-state index in [1.54, 1.807) is 29.8 Å². The maximum Gasteiger partial charge on any atom is 0.256 e. The van der Waals surface area contributed by atoms with Gasteiger partial charge in [0.2, 0.25) is 5.91 Å². The van der Waals surface area contributed by atoms with Crippen LogP contribution in [0.3, 0.4) is 0 Å². The molecule has 0 bridgehead atoms. The van der Waals surface area contributed by atoms with Crippen LogP contribution in [0.5, 0.6) is 5.88 Å². The Morgan fingerprint density at radius 1 is 0.582 bits per heavy atom. The third kappa shape index (κ3) is 13.7. The topological polar surface area (TPSA) is 164 Å². The summed E-state index contributed by atoms with van der Waals surface area (Å²) in [6, 6.07) is 41.6. The molecular formula is C64H72N8O5S2. The van der Waals surface area contributed by atoms with Crippen LogP contribution in [0.4, 0.5) is 11.4 Å². The lowest BCUT2D eigenvalue weighted by Crippen LogP contribution is -2.35. The molecule has 0 unspecified atom stereocenters. The van der Waals surface area contributed by atoms with Crippen molar-refractivity contribution >= 4 is 69.3 Å². The number of ether oxygens (including phenoxy) is 1. The van der Waals surface area contributed by atoms with E-state index in [1.165, 1.54) is 31.3 Å². The first kappa shape index (κ1) is 57.4. The van der Waals surface area contributed by atoms with Crippen molar-refractivity contribution in [2.24, 2.45) is 0 Å². The van der Waals surface area contributed by atoms with E-state index in [0.717, 1.165) is 100 Å². The van der Waals surface area contributed by atoms with E-state index in [4.69, 9.17) is 4.74 Å². The van der Waals surface area contributed by atoms with Gasteiger partial charge in [-0.3, -0.25) is 19.2 Å². The second-order valence-corrected chi connectivity index (χ2v) is 21.6. The Bertz CT molecular complexity index is 3450. The molecule has 4 amide bonds. The average molecular weight is 1100 g/mol. The van der Waals surface area contributed by atoms with E-state index >= 15 is 0 Å². The number of aromatic nitrogens is 2. The number of nitrogens with zero attached hydrogens (tertiary/aromatic N) is 2. The van der Waals surface area contributed by atoms with Gasteiger partial charge in [-0.15, -0.1) is 22.7 Å². The lowest BCUT2D eigenvalue weighted by molar-refractivity contribution is -0.115. The molecule has 2 aliphatic rings. The van der Waals surface area contributed by atoms with Crippen LogP contribution >= 0.6 is 22.7 Å². The predicted octanol–water partition coefficient (Wildman–Crippen LogP) is 12.9. The number of carbonyl (C=O) groups excluding carboxylic acids is 4. The number of thiophene rings is 2. The molecule has 0 radical (unpaired) electrons. The number of rotatable bonds is 18. The minimum Gasteiger partial charge on any atom is -0.482 e. The first-order chi connectivity index (χ1) is 38.2. The van der Waals surface area contributed by atoms with Gasteiger partial charge in [0, 0.05) is 85.3 Å². The number of aromatic amines is 2. The van der Waals surface area contributed by atoms with Gasteiger partial charge in [0.05, 0.1) is 30.2 Å². The Hall–Kier alpha value is -7.82. The first-order valence-corrected chi connectivity index (χ1v) is 28.7. The molecule has 0 spiro atoms. The van der Waals surface area contributed by atoms with Crippen molar-refractivity contribution in [3.05, 3.63) is 172 Å². The van der Waals surface area contributed by atoms with E-state index in [0.29, 0.717) is 42.1 Å². The molecule has 0 aliphatic carbocycles. The highest BCUT2D eigenvalue weighted by Crippen LogP contribution is 2.41. The summed E-state index contributed by atoms with van der Waals surface area (Å²) in [5.74, 6) is 0.463. The summed E-state index contributed by atoms with van der Waals surface area (Å²) >= 11 is 3.51. The van der Waals surface area contributed by atoms with Crippen LogP contribution in [0.1, 0.15) is 87.7 Å². The molecule has 0 saturated carbocycles. The molecule has 6 heterocycles. The first-order valence-electron chi connectivity index (χ1n) is 27.1. The van der Waals surface area contributed by atoms with Gasteiger partial charge in [-0.2, -0.15) is 0 Å². The number of anilines is 2. The summed E-state index contributed by atoms with van der Waals surface area (Å²) in [7, 11) is 1.60. The van der Waals surface area contributed by atoms with Gasteiger partial charge in [-0.1, -0.05) is 100 Å². The van der Waals surface area contributed by atoms with Crippen LogP contribution in [-0.4, -0.2) is 103 Å². The zero-order chi connectivity index (χ0) is 56.2. The summed E-state index contributed by atoms with van der Waals surface area (Å²) in [6.07, 6.45) is 2.35. The average Bonchev–Trinajstić information content (AvgIpc) is 4.37. The van der Waals surface area contributed by atoms with Crippen molar-refractivity contribution in [1.82, 2.24) is 30.4 Å². The number of benzene rings is 4. The lowest BCUT2D eigenvalue weighted by Gasteiger charge is -2.18. The maximum atomic E-state index is 13.0. The maximum absolute atomic E-state index is 13.0. The normalized spacial score (nSPS) is 12.8. The largest absolute Gasteiger partial charge is 0.482 e. The summed E-state index contributed by atoms with van der Waals surface area (Å²) in [4.78, 5) is 65.4. The van der Waals surface area contributed by atoms with Crippen molar-refractivity contribution < 1.29 is 23.9 Å². The number of fused-ring (bicyclic) bond motifs is 2. The van der Waals surface area contributed by atoms with E-state index < -0.39 is 0 Å².